The molecule has 3 rings (SSSR count). The number of hydrogen-bond acceptors (Lipinski definition) is 7. The van der Waals surface area contributed by atoms with Gasteiger partial charge in [0.1, 0.15) is 34.3 Å². The minimum Gasteiger partial charge on any atom is -0.459 e. The Morgan fingerprint density at radius 1 is 1.37 bits per heavy atom. The van der Waals surface area contributed by atoms with Crippen molar-refractivity contribution in [1.82, 2.24) is 14.5 Å². The third-order valence-corrected chi connectivity index (χ3v) is 7.80. The maximum Gasteiger partial charge on any atom is 0.300 e. The molecule has 1 aliphatic rings. The van der Waals surface area contributed by atoms with Gasteiger partial charge in [0.2, 0.25) is 0 Å². The van der Waals surface area contributed by atoms with Crippen molar-refractivity contribution in [1.29, 1.82) is 0 Å². The van der Waals surface area contributed by atoms with Crippen LogP contribution in [0.2, 0.25) is 30.7 Å². The Labute approximate surface area is 196 Å². The second-order valence-corrected chi connectivity index (χ2v) is 15.7. The molecular weight excluding hydrogens is 541 g/mol. The van der Waals surface area contributed by atoms with Crippen LogP contribution in [-0.2, 0) is 20.9 Å². The van der Waals surface area contributed by atoms with Crippen LogP contribution in [0.3, 0.4) is 0 Å². The van der Waals surface area contributed by atoms with Crippen LogP contribution in [-0.4, -0.2) is 72.5 Å². The zero-order chi connectivity index (χ0) is 21.9. The number of nitrogens with zero attached hydrogens (tertiary/aromatic N) is 3. The summed E-state index contributed by atoms with van der Waals surface area (Å²) in [4.78, 5) is 9.14. The van der Waals surface area contributed by atoms with Crippen LogP contribution in [0, 0.1) is 3.70 Å². The van der Waals surface area contributed by atoms with Crippen molar-refractivity contribution in [3.05, 3.63) is 14.8 Å². The van der Waals surface area contributed by atoms with Gasteiger partial charge in [0.25, 0.3) is 0 Å². The SMILES string of the molecule is C[C@@H](CO[C@H]1COC[C@H]1O)Oc1nc2cc(Cl)c(I)nc2n1COCC[Si](C)(C)C. The number of aromatic nitrogens is 3. The first-order valence-corrected chi connectivity index (χ1v) is 15.1. The summed E-state index contributed by atoms with van der Waals surface area (Å²) in [7, 11) is -1.18. The molecule has 1 aliphatic heterocycles. The number of hydrogen-bond donors (Lipinski definition) is 1. The van der Waals surface area contributed by atoms with E-state index in [1.807, 2.05) is 11.5 Å². The van der Waals surface area contributed by atoms with E-state index in [0.29, 0.717) is 59.1 Å². The standard InChI is InChI=1S/C19H29ClIN3O5Si/c1-12(8-28-16-10-27-9-15(16)25)29-19-22-14-7-13(20)17(21)23-18(14)24(19)11-26-5-6-30(2,3)4/h7,12,15-16,25H,5-6,8-11H2,1-4H3/t12-,15+,16-/m0/s1. The van der Waals surface area contributed by atoms with Gasteiger partial charge < -0.3 is 24.1 Å². The van der Waals surface area contributed by atoms with Gasteiger partial charge in [-0.2, -0.15) is 4.98 Å². The van der Waals surface area contributed by atoms with Crippen molar-refractivity contribution in [2.75, 3.05) is 26.4 Å². The molecule has 0 bridgehead atoms. The molecule has 30 heavy (non-hydrogen) atoms. The van der Waals surface area contributed by atoms with Gasteiger partial charge in [0, 0.05) is 14.7 Å². The average molecular weight is 570 g/mol. The van der Waals surface area contributed by atoms with E-state index in [-0.39, 0.29) is 12.2 Å². The average Bonchev–Trinajstić information content (AvgIpc) is 3.20. The molecule has 11 heteroatoms. The minimum atomic E-state index is -1.18. The lowest BCUT2D eigenvalue weighted by Crippen LogP contribution is -2.31. The molecule has 0 amide bonds. The number of halogens is 2. The maximum absolute atomic E-state index is 9.82. The first-order valence-electron chi connectivity index (χ1n) is 9.98. The molecular formula is C19H29ClIN3O5Si. The minimum absolute atomic E-state index is 0.287. The van der Waals surface area contributed by atoms with Crippen LogP contribution in [0.1, 0.15) is 6.92 Å². The van der Waals surface area contributed by atoms with Crippen LogP contribution < -0.4 is 4.74 Å². The summed E-state index contributed by atoms with van der Waals surface area (Å²) < 4.78 is 25.4. The number of ether oxygens (including phenoxy) is 4. The Kier molecular flexibility index (Phi) is 8.38. The van der Waals surface area contributed by atoms with E-state index in [4.69, 9.17) is 30.5 Å². The van der Waals surface area contributed by atoms with Gasteiger partial charge in [-0.15, -0.1) is 0 Å². The van der Waals surface area contributed by atoms with Gasteiger partial charge in [-0.05, 0) is 41.6 Å². The van der Waals surface area contributed by atoms with Crippen molar-refractivity contribution in [2.45, 2.75) is 57.7 Å². The lowest BCUT2D eigenvalue weighted by molar-refractivity contribution is -0.0396. The molecule has 0 aromatic carbocycles. The van der Waals surface area contributed by atoms with E-state index in [1.54, 1.807) is 6.07 Å². The summed E-state index contributed by atoms with van der Waals surface area (Å²) in [6, 6.07) is 3.26. The molecule has 1 fully saturated rings. The first-order chi connectivity index (χ1) is 14.1. The van der Waals surface area contributed by atoms with E-state index in [9.17, 15) is 5.11 Å². The number of fused-ring (bicyclic) bond motifs is 1. The highest BCUT2D eigenvalue weighted by molar-refractivity contribution is 14.1. The molecule has 168 valence electrons. The lowest BCUT2D eigenvalue weighted by Gasteiger charge is -2.19. The Morgan fingerprint density at radius 3 is 2.80 bits per heavy atom. The molecule has 3 heterocycles. The Hall–Kier alpha value is -0.503. The van der Waals surface area contributed by atoms with Gasteiger partial charge in [-0.25, -0.2) is 4.98 Å². The van der Waals surface area contributed by atoms with E-state index in [0.717, 1.165) is 6.04 Å². The fraction of sp³-hybridized carbons (Fsp3) is 0.684. The van der Waals surface area contributed by atoms with Crippen molar-refractivity contribution >= 4 is 53.4 Å². The second kappa shape index (κ2) is 10.4. The molecule has 1 N–H and O–H groups in total. The van der Waals surface area contributed by atoms with E-state index in [1.165, 1.54) is 0 Å². The largest absolute Gasteiger partial charge is 0.459 e. The van der Waals surface area contributed by atoms with Gasteiger partial charge >= 0.3 is 6.01 Å². The monoisotopic (exact) mass is 569 g/mol. The highest BCUT2D eigenvalue weighted by atomic mass is 127. The van der Waals surface area contributed by atoms with Crippen LogP contribution in [0.4, 0.5) is 0 Å². The highest BCUT2D eigenvalue weighted by Gasteiger charge is 2.28. The van der Waals surface area contributed by atoms with Gasteiger partial charge in [-0.3, -0.25) is 4.57 Å². The number of pyridine rings is 1. The topological polar surface area (TPSA) is 87.9 Å². The van der Waals surface area contributed by atoms with Crippen LogP contribution in [0.15, 0.2) is 6.07 Å². The van der Waals surface area contributed by atoms with Crippen molar-refractivity contribution in [3.63, 3.8) is 0 Å². The van der Waals surface area contributed by atoms with E-state index in [2.05, 4.69) is 52.2 Å². The summed E-state index contributed by atoms with van der Waals surface area (Å²) in [5.74, 6) is 0. The Balaban J connectivity index is 1.71. The first kappa shape index (κ1) is 24.1. The van der Waals surface area contributed by atoms with Gasteiger partial charge in [-0.1, -0.05) is 31.2 Å². The van der Waals surface area contributed by atoms with Gasteiger partial charge in [0.15, 0.2) is 5.65 Å². The van der Waals surface area contributed by atoms with E-state index < -0.39 is 14.2 Å². The van der Waals surface area contributed by atoms with Crippen molar-refractivity contribution in [2.24, 2.45) is 0 Å². The fourth-order valence-electron chi connectivity index (χ4n) is 2.88. The second-order valence-electron chi connectivity index (χ2n) is 8.68. The predicted molar refractivity (Wildman–Crippen MR) is 126 cm³/mol. The summed E-state index contributed by atoms with van der Waals surface area (Å²) in [6.45, 7) is 10.8. The molecule has 0 radical (unpaired) electrons. The molecule has 0 aliphatic carbocycles. The summed E-state index contributed by atoms with van der Waals surface area (Å²) in [5, 5.41) is 10.4. The fourth-order valence-corrected chi connectivity index (χ4v) is 4.17. The van der Waals surface area contributed by atoms with Gasteiger partial charge in [0.05, 0.1) is 24.8 Å². The molecule has 3 atom stereocenters. The zero-order valence-corrected chi connectivity index (χ0v) is 21.6. The Bertz CT molecular complexity index is 863. The molecule has 0 unspecified atom stereocenters. The normalized spacial score (nSPS) is 20.8. The number of aliphatic hydroxyl groups is 1. The molecule has 2 aromatic heterocycles. The summed E-state index contributed by atoms with van der Waals surface area (Å²) in [6.07, 6.45) is -1.22. The van der Waals surface area contributed by atoms with Crippen LogP contribution >= 0.6 is 34.2 Å². The summed E-state index contributed by atoms with van der Waals surface area (Å²) >= 11 is 8.33. The predicted octanol–water partition coefficient (Wildman–Crippen LogP) is 3.55. The summed E-state index contributed by atoms with van der Waals surface area (Å²) in [5.41, 5.74) is 1.32. The van der Waals surface area contributed by atoms with E-state index >= 15 is 0 Å². The molecule has 0 spiro atoms. The Morgan fingerprint density at radius 2 is 2.13 bits per heavy atom. The number of aliphatic hydroxyl groups excluding tert-OH is 1. The smallest absolute Gasteiger partial charge is 0.300 e. The molecule has 8 nitrogen and oxygen atoms in total. The number of imidazole rings is 1. The molecule has 2 aromatic rings. The third kappa shape index (κ3) is 6.50. The van der Waals surface area contributed by atoms with Crippen LogP contribution in [0.5, 0.6) is 6.01 Å². The third-order valence-electron chi connectivity index (χ3n) is 4.66. The quantitative estimate of drug-likeness (QED) is 0.203. The maximum atomic E-state index is 9.82. The molecule has 1 saturated heterocycles. The number of rotatable bonds is 10. The van der Waals surface area contributed by atoms with Crippen LogP contribution in [0.25, 0.3) is 11.2 Å². The zero-order valence-electron chi connectivity index (χ0n) is 17.7. The van der Waals surface area contributed by atoms with Crippen molar-refractivity contribution in [3.8, 4) is 6.01 Å². The highest BCUT2D eigenvalue weighted by Crippen LogP contribution is 2.26. The molecule has 0 saturated carbocycles. The van der Waals surface area contributed by atoms with Crippen molar-refractivity contribution < 1.29 is 24.1 Å². The lowest BCUT2D eigenvalue weighted by atomic mass is 10.2.